The molecule has 0 radical (unpaired) electrons. The summed E-state index contributed by atoms with van der Waals surface area (Å²) in [5, 5.41) is 0. The molecule has 1 fully saturated rings. The first kappa shape index (κ1) is 24.6. The van der Waals surface area contributed by atoms with Crippen LogP contribution in [-0.2, 0) is 16.5 Å². The minimum Gasteiger partial charge on any atom is -0.378 e. The van der Waals surface area contributed by atoms with E-state index in [0.717, 1.165) is 36.9 Å². The van der Waals surface area contributed by atoms with Gasteiger partial charge in [0.1, 0.15) is 0 Å². The summed E-state index contributed by atoms with van der Waals surface area (Å²) >= 11 is -2.07. The van der Waals surface area contributed by atoms with E-state index in [9.17, 15) is 8.76 Å². The molecule has 5 heteroatoms. The highest BCUT2D eigenvalue weighted by atomic mass is 32.2. The van der Waals surface area contributed by atoms with Gasteiger partial charge in [-0.3, -0.25) is 0 Å². The molecule has 3 aromatic carbocycles. The Kier molecular flexibility index (Phi) is 7.56. The Morgan fingerprint density at radius 2 is 1.38 bits per heavy atom. The molecule has 1 aliphatic carbocycles. The minimum absolute atomic E-state index is 0.0812. The van der Waals surface area contributed by atoms with E-state index in [-0.39, 0.29) is 11.3 Å². The lowest BCUT2D eigenvalue weighted by Crippen LogP contribution is -2.44. The van der Waals surface area contributed by atoms with Crippen molar-refractivity contribution < 1.29 is 8.76 Å². The minimum atomic E-state index is -2.07. The Bertz CT molecular complexity index is 1070. The largest absolute Gasteiger partial charge is 0.378 e. The molecule has 1 N–H and O–H groups in total. The summed E-state index contributed by atoms with van der Waals surface area (Å²) in [6.07, 6.45) is 4.00. The molecule has 1 aliphatic rings. The number of rotatable bonds is 7. The zero-order chi connectivity index (χ0) is 24.3. The van der Waals surface area contributed by atoms with E-state index in [1.807, 2.05) is 26.2 Å². The lowest BCUT2D eigenvalue weighted by atomic mass is 9.57. The standard InChI is InChI=1S/C29H36N2O2S/c1-30(2)24-17-19-29(20-18-24,26-21-25(31(3)4)15-16-27(26)34(32)33)28(22-11-7-5-8-12-22)23-13-9-6-10-14-23/h5-16,21,24,28H,17-20H2,1-4H3,(H,32,33). The first-order valence-corrected chi connectivity index (χ1v) is 13.1. The van der Waals surface area contributed by atoms with Crippen LogP contribution in [0.1, 0.15) is 48.3 Å². The van der Waals surface area contributed by atoms with Gasteiger partial charge in [-0.2, -0.15) is 0 Å². The second-order valence-electron chi connectivity index (χ2n) is 9.93. The molecule has 180 valence electrons. The molecule has 1 atom stereocenters. The van der Waals surface area contributed by atoms with Crippen molar-refractivity contribution in [3.63, 3.8) is 0 Å². The van der Waals surface area contributed by atoms with E-state index in [4.69, 9.17) is 0 Å². The average molecular weight is 477 g/mol. The fraction of sp³-hybridized carbons (Fsp3) is 0.379. The van der Waals surface area contributed by atoms with Gasteiger partial charge in [-0.15, -0.1) is 0 Å². The third kappa shape index (κ3) is 4.83. The van der Waals surface area contributed by atoms with E-state index >= 15 is 0 Å². The van der Waals surface area contributed by atoms with Crippen LogP contribution < -0.4 is 4.90 Å². The second-order valence-corrected chi connectivity index (χ2v) is 10.9. The first-order valence-electron chi connectivity index (χ1n) is 12.0. The smallest absolute Gasteiger partial charge is 0.186 e. The highest BCUT2D eigenvalue weighted by Crippen LogP contribution is 2.54. The molecule has 4 rings (SSSR count). The van der Waals surface area contributed by atoms with E-state index in [2.05, 4.69) is 90.6 Å². The molecule has 0 bridgehead atoms. The maximum absolute atomic E-state index is 12.6. The predicted octanol–water partition coefficient (Wildman–Crippen LogP) is 5.91. The molecule has 1 saturated carbocycles. The second kappa shape index (κ2) is 10.4. The van der Waals surface area contributed by atoms with Crippen molar-refractivity contribution in [1.29, 1.82) is 0 Å². The normalized spacial score (nSPS) is 21.6. The Hall–Kier alpha value is -2.47. The molecular formula is C29H36N2O2S. The van der Waals surface area contributed by atoms with E-state index in [1.165, 1.54) is 11.1 Å². The van der Waals surface area contributed by atoms with Gasteiger partial charge in [0.25, 0.3) is 0 Å². The van der Waals surface area contributed by atoms with Gasteiger partial charge in [-0.05, 0) is 74.7 Å². The number of hydrogen-bond acceptors (Lipinski definition) is 3. The number of hydrogen-bond donors (Lipinski definition) is 1. The third-order valence-corrected chi connectivity index (χ3v) is 8.33. The van der Waals surface area contributed by atoms with Crippen molar-refractivity contribution in [3.8, 4) is 0 Å². The van der Waals surface area contributed by atoms with Crippen LogP contribution in [-0.4, -0.2) is 47.9 Å². The summed E-state index contributed by atoms with van der Waals surface area (Å²) in [6, 6.07) is 27.9. The van der Waals surface area contributed by atoms with Gasteiger partial charge in [0.2, 0.25) is 0 Å². The van der Waals surface area contributed by atoms with Crippen LogP contribution in [0.5, 0.6) is 0 Å². The SMILES string of the molecule is CN(C)c1ccc(S(=O)O)c(C2(C(c3ccccc3)c3ccccc3)CCC(N(C)C)CC2)c1. The van der Waals surface area contributed by atoms with E-state index in [1.54, 1.807) is 0 Å². The Balaban J connectivity index is 1.99. The lowest BCUT2D eigenvalue weighted by Gasteiger charge is -2.48. The van der Waals surface area contributed by atoms with Crippen molar-refractivity contribution >= 4 is 16.8 Å². The quantitative estimate of drug-likeness (QED) is 0.431. The number of anilines is 1. The van der Waals surface area contributed by atoms with Crippen LogP contribution in [0, 0.1) is 0 Å². The Morgan fingerprint density at radius 3 is 1.82 bits per heavy atom. The molecule has 0 amide bonds. The van der Waals surface area contributed by atoms with Gasteiger partial charge in [-0.25, -0.2) is 4.21 Å². The molecule has 4 nitrogen and oxygen atoms in total. The van der Waals surface area contributed by atoms with Gasteiger partial charge >= 0.3 is 0 Å². The van der Waals surface area contributed by atoms with Crippen LogP contribution in [0.2, 0.25) is 0 Å². The fourth-order valence-corrected chi connectivity index (χ4v) is 6.44. The average Bonchev–Trinajstić information content (AvgIpc) is 2.85. The van der Waals surface area contributed by atoms with Crippen LogP contribution in [0.3, 0.4) is 0 Å². The van der Waals surface area contributed by atoms with Gasteiger partial charge in [0.15, 0.2) is 11.1 Å². The van der Waals surface area contributed by atoms with Gasteiger partial charge in [0, 0.05) is 37.2 Å². The maximum Gasteiger partial charge on any atom is 0.186 e. The van der Waals surface area contributed by atoms with Crippen molar-refractivity contribution in [2.24, 2.45) is 0 Å². The third-order valence-electron chi connectivity index (χ3n) is 7.60. The fourth-order valence-electron chi connectivity index (χ4n) is 5.81. The van der Waals surface area contributed by atoms with Crippen molar-refractivity contribution in [1.82, 2.24) is 4.90 Å². The monoisotopic (exact) mass is 476 g/mol. The summed E-state index contributed by atoms with van der Waals surface area (Å²) in [6.45, 7) is 0. The molecule has 1 unspecified atom stereocenters. The summed E-state index contributed by atoms with van der Waals surface area (Å²) in [4.78, 5) is 4.93. The zero-order valence-electron chi connectivity index (χ0n) is 20.6. The summed E-state index contributed by atoms with van der Waals surface area (Å²) in [5.74, 6) is 0.0812. The summed E-state index contributed by atoms with van der Waals surface area (Å²) in [7, 11) is 8.36. The van der Waals surface area contributed by atoms with Crippen LogP contribution in [0.25, 0.3) is 0 Å². The topological polar surface area (TPSA) is 43.8 Å². The number of nitrogens with zero attached hydrogens (tertiary/aromatic N) is 2. The molecule has 0 aliphatic heterocycles. The van der Waals surface area contributed by atoms with E-state index < -0.39 is 11.1 Å². The Morgan fingerprint density at radius 1 is 0.853 bits per heavy atom. The molecule has 0 saturated heterocycles. The zero-order valence-corrected chi connectivity index (χ0v) is 21.5. The van der Waals surface area contributed by atoms with Crippen LogP contribution >= 0.6 is 0 Å². The highest BCUT2D eigenvalue weighted by molar-refractivity contribution is 7.79. The molecule has 34 heavy (non-hydrogen) atoms. The molecule has 3 aromatic rings. The van der Waals surface area contributed by atoms with Crippen molar-refractivity contribution in [2.45, 2.75) is 48.0 Å². The molecular weight excluding hydrogens is 440 g/mol. The molecule has 0 spiro atoms. The van der Waals surface area contributed by atoms with Crippen LogP contribution in [0.4, 0.5) is 5.69 Å². The van der Waals surface area contributed by atoms with Crippen LogP contribution in [0.15, 0.2) is 83.8 Å². The van der Waals surface area contributed by atoms with Gasteiger partial charge < -0.3 is 14.4 Å². The summed E-state index contributed by atoms with van der Waals surface area (Å²) in [5.41, 5.74) is 4.27. The highest BCUT2D eigenvalue weighted by Gasteiger charge is 2.46. The Labute approximate surface area is 206 Å². The lowest BCUT2D eigenvalue weighted by molar-refractivity contribution is 0.157. The molecule has 0 heterocycles. The maximum atomic E-state index is 12.6. The predicted molar refractivity (Wildman–Crippen MR) is 142 cm³/mol. The van der Waals surface area contributed by atoms with Gasteiger partial charge in [0.05, 0.1) is 4.90 Å². The van der Waals surface area contributed by atoms with Gasteiger partial charge in [-0.1, -0.05) is 60.7 Å². The van der Waals surface area contributed by atoms with Crippen molar-refractivity contribution in [2.75, 3.05) is 33.1 Å². The summed E-state index contributed by atoms with van der Waals surface area (Å²) < 4.78 is 23.0. The number of benzene rings is 3. The first-order chi connectivity index (χ1) is 16.3. The van der Waals surface area contributed by atoms with Crippen molar-refractivity contribution in [3.05, 3.63) is 95.6 Å². The molecule has 0 aromatic heterocycles. The van der Waals surface area contributed by atoms with E-state index in [0.29, 0.717) is 10.9 Å².